The molecule has 0 aromatic heterocycles. The summed E-state index contributed by atoms with van der Waals surface area (Å²) in [6.07, 6.45) is 1.51. The summed E-state index contributed by atoms with van der Waals surface area (Å²) in [5.41, 5.74) is -0.157. The molecule has 1 aliphatic rings. The number of carbonyl (C=O) groups excluding carboxylic acids is 2. The fourth-order valence-corrected chi connectivity index (χ4v) is 1.79. The molecule has 3 amide bonds. The summed E-state index contributed by atoms with van der Waals surface area (Å²) < 4.78 is 0. The topological polar surface area (TPSA) is 90.0 Å². The van der Waals surface area contributed by atoms with Crippen LogP contribution in [-0.2, 0) is 9.59 Å². The molecule has 7 heteroatoms. The minimum Gasteiger partial charge on any atom is -0.478 e. The molecule has 0 saturated carbocycles. The summed E-state index contributed by atoms with van der Waals surface area (Å²) in [5, 5.41) is 10.5. The summed E-state index contributed by atoms with van der Waals surface area (Å²) >= 11 is 0. The Morgan fingerprint density at radius 2 is 1.84 bits per heavy atom. The van der Waals surface area contributed by atoms with Crippen molar-refractivity contribution in [1.82, 2.24) is 15.1 Å². The Balaban J connectivity index is 2.55. The Hall–Kier alpha value is -1.89. The SMILES string of the molecule is CN1CCN(C(=O)NC(=O)C=CC(=O)O)CC1(C)C. The zero-order valence-electron chi connectivity index (χ0n) is 11.3. The van der Waals surface area contributed by atoms with Crippen LogP contribution in [0.2, 0.25) is 0 Å². The predicted octanol–water partition coefficient (Wildman–Crippen LogP) is -0.111. The third-order valence-corrected chi connectivity index (χ3v) is 3.21. The van der Waals surface area contributed by atoms with Gasteiger partial charge in [-0.3, -0.25) is 15.0 Å². The van der Waals surface area contributed by atoms with E-state index < -0.39 is 17.9 Å². The van der Waals surface area contributed by atoms with E-state index in [9.17, 15) is 14.4 Å². The number of nitrogens with one attached hydrogen (secondary N) is 1. The van der Waals surface area contributed by atoms with Gasteiger partial charge in [0.1, 0.15) is 0 Å². The lowest BCUT2D eigenvalue weighted by atomic mass is 10.0. The maximum absolute atomic E-state index is 11.8. The lowest BCUT2D eigenvalue weighted by Crippen LogP contribution is -2.60. The number of imide groups is 1. The number of rotatable bonds is 2. The Morgan fingerprint density at radius 3 is 2.37 bits per heavy atom. The van der Waals surface area contributed by atoms with Crippen molar-refractivity contribution in [2.75, 3.05) is 26.7 Å². The molecule has 0 bridgehead atoms. The van der Waals surface area contributed by atoms with Crippen molar-refractivity contribution in [1.29, 1.82) is 0 Å². The molecule has 0 atom stereocenters. The zero-order valence-corrected chi connectivity index (χ0v) is 11.3. The van der Waals surface area contributed by atoms with Gasteiger partial charge in [-0.15, -0.1) is 0 Å². The molecule has 0 aliphatic carbocycles. The predicted molar refractivity (Wildman–Crippen MR) is 68.6 cm³/mol. The summed E-state index contributed by atoms with van der Waals surface area (Å²) in [7, 11) is 1.98. The Bertz CT molecular complexity index is 417. The molecular weight excluding hydrogens is 250 g/mol. The fourth-order valence-electron chi connectivity index (χ4n) is 1.79. The molecule has 0 spiro atoms. The van der Waals surface area contributed by atoms with Crippen molar-refractivity contribution >= 4 is 17.9 Å². The van der Waals surface area contributed by atoms with Crippen molar-refractivity contribution in [2.45, 2.75) is 19.4 Å². The molecule has 1 fully saturated rings. The molecule has 0 aromatic carbocycles. The second-order valence-corrected chi connectivity index (χ2v) is 5.12. The molecule has 19 heavy (non-hydrogen) atoms. The monoisotopic (exact) mass is 269 g/mol. The van der Waals surface area contributed by atoms with Crippen molar-refractivity contribution in [3.8, 4) is 0 Å². The molecular formula is C12H19N3O4. The lowest BCUT2D eigenvalue weighted by Gasteiger charge is -2.45. The van der Waals surface area contributed by atoms with Gasteiger partial charge in [-0.25, -0.2) is 9.59 Å². The number of nitrogens with zero attached hydrogens (tertiary/aromatic N) is 2. The van der Waals surface area contributed by atoms with E-state index in [0.717, 1.165) is 12.6 Å². The molecule has 1 rings (SSSR count). The van der Waals surface area contributed by atoms with Gasteiger partial charge in [-0.2, -0.15) is 0 Å². The van der Waals surface area contributed by atoms with Crippen LogP contribution >= 0.6 is 0 Å². The normalized spacial score (nSPS) is 19.4. The molecule has 0 unspecified atom stereocenters. The summed E-state index contributed by atoms with van der Waals surface area (Å²) in [6.45, 7) is 5.78. The van der Waals surface area contributed by atoms with E-state index in [0.29, 0.717) is 19.2 Å². The highest BCUT2D eigenvalue weighted by molar-refractivity contribution is 6.02. The van der Waals surface area contributed by atoms with Gasteiger partial charge in [-0.05, 0) is 20.9 Å². The highest BCUT2D eigenvalue weighted by Crippen LogP contribution is 2.18. The van der Waals surface area contributed by atoms with Gasteiger partial charge >= 0.3 is 12.0 Å². The van der Waals surface area contributed by atoms with E-state index in [1.54, 1.807) is 4.90 Å². The third kappa shape index (κ3) is 4.36. The summed E-state index contributed by atoms with van der Waals surface area (Å²) in [4.78, 5) is 37.1. The van der Waals surface area contributed by atoms with Crippen molar-refractivity contribution in [2.24, 2.45) is 0 Å². The smallest absolute Gasteiger partial charge is 0.328 e. The van der Waals surface area contributed by atoms with E-state index >= 15 is 0 Å². The van der Waals surface area contributed by atoms with E-state index in [1.165, 1.54) is 0 Å². The molecule has 1 heterocycles. The van der Waals surface area contributed by atoms with Gasteiger partial charge in [0.2, 0.25) is 0 Å². The van der Waals surface area contributed by atoms with E-state index in [-0.39, 0.29) is 5.54 Å². The van der Waals surface area contributed by atoms with E-state index in [4.69, 9.17) is 5.11 Å². The molecule has 1 saturated heterocycles. The minimum absolute atomic E-state index is 0.157. The van der Waals surface area contributed by atoms with Crippen LogP contribution in [0.4, 0.5) is 4.79 Å². The number of carboxylic acids is 1. The first kappa shape index (κ1) is 15.2. The number of hydrogen-bond acceptors (Lipinski definition) is 4. The second kappa shape index (κ2) is 5.83. The van der Waals surface area contributed by atoms with Crippen LogP contribution < -0.4 is 5.32 Å². The van der Waals surface area contributed by atoms with Crippen molar-refractivity contribution < 1.29 is 19.5 Å². The molecule has 2 N–H and O–H groups in total. The van der Waals surface area contributed by atoms with Crippen LogP contribution in [0, 0.1) is 0 Å². The summed E-state index contributed by atoms with van der Waals surface area (Å²) in [5.74, 6) is -1.97. The molecule has 0 aromatic rings. The van der Waals surface area contributed by atoms with Crippen LogP contribution in [-0.4, -0.2) is 65.0 Å². The molecule has 106 valence electrons. The maximum atomic E-state index is 11.8. The minimum atomic E-state index is -1.23. The van der Waals surface area contributed by atoms with Crippen LogP contribution in [0.5, 0.6) is 0 Å². The van der Waals surface area contributed by atoms with Gasteiger partial charge in [0.05, 0.1) is 0 Å². The molecule has 7 nitrogen and oxygen atoms in total. The Labute approximate surface area is 111 Å². The number of amides is 3. The van der Waals surface area contributed by atoms with Crippen molar-refractivity contribution in [3.63, 3.8) is 0 Å². The average molecular weight is 269 g/mol. The van der Waals surface area contributed by atoms with Gasteiger partial charge < -0.3 is 10.0 Å². The van der Waals surface area contributed by atoms with Gasteiger partial charge in [0, 0.05) is 37.3 Å². The maximum Gasteiger partial charge on any atom is 0.328 e. The van der Waals surface area contributed by atoms with Gasteiger partial charge in [0.15, 0.2) is 0 Å². The number of aliphatic carboxylic acids is 1. The Morgan fingerprint density at radius 1 is 1.21 bits per heavy atom. The highest BCUT2D eigenvalue weighted by Gasteiger charge is 2.33. The van der Waals surface area contributed by atoms with E-state index in [2.05, 4.69) is 10.2 Å². The first-order valence-corrected chi connectivity index (χ1v) is 5.94. The van der Waals surface area contributed by atoms with Crippen LogP contribution in [0.1, 0.15) is 13.8 Å². The first-order valence-electron chi connectivity index (χ1n) is 5.94. The van der Waals surface area contributed by atoms with Crippen molar-refractivity contribution in [3.05, 3.63) is 12.2 Å². The fraction of sp³-hybridized carbons (Fsp3) is 0.583. The first-order chi connectivity index (χ1) is 8.72. The largest absolute Gasteiger partial charge is 0.478 e. The molecule has 1 aliphatic heterocycles. The number of carboxylic acid groups (broad SMARTS) is 1. The van der Waals surface area contributed by atoms with Crippen LogP contribution in [0.15, 0.2) is 12.2 Å². The quantitative estimate of drug-likeness (QED) is 0.683. The highest BCUT2D eigenvalue weighted by atomic mass is 16.4. The number of carbonyl (C=O) groups is 3. The Kier molecular flexibility index (Phi) is 4.66. The van der Waals surface area contributed by atoms with Crippen LogP contribution in [0.3, 0.4) is 0 Å². The third-order valence-electron chi connectivity index (χ3n) is 3.21. The van der Waals surface area contributed by atoms with Gasteiger partial charge in [-0.1, -0.05) is 0 Å². The second-order valence-electron chi connectivity index (χ2n) is 5.12. The lowest BCUT2D eigenvalue weighted by molar-refractivity contribution is -0.131. The zero-order chi connectivity index (χ0) is 14.6. The number of piperazine rings is 1. The standard InChI is InChI=1S/C12H19N3O4/c1-12(2)8-15(7-6-14(12)3)11(19)13-9(16)4-5-10(17)18/h4-5H,6-8H2,1-3H3,(H,17,18)(H,13,16,19). The average Bonchev–Trinajstić information content (AvgIpc) is 2.29. The van der Waals surface area contributed by atoms with Gasteiger partial charge in [0.25, 0.3) is 5.91 Å². The van der Waals surface area contributed by atoms with E-state index in [1.807, 2.05) is 20.9 Å². The number of likely N-dealkylation sites (N-methyl/N-ethyl adjacent to an activating group) is 1. The molecule has 0 radical (unpaired) electrons. The van der Waals surface area contributed by atoms with Crippen LogP contribution in [0.25, 0.3) is 0 Å². The summed E-state index contributed by atoms with van der Waals surface area (Å²) in [6, 6.07) is -0.499. The number of urea groups is 1. The number of hydrogen-bond donors (Lipinski definition) is 2.